The Bertz CT molecular complexity index is 8650. The molecule has 1 N–H and O–H groups in total. The summed E-state index contributed by atoms with van der Waals surface area (Å²) in [6, 6.07) is 134. The van der Waals surface area contributed by atoms with Gasteiger partial charge in [-0.3, -0.25) is 0 Å². The van der Waals surface area contributed by atoms with Gasteiger partial charge in [0.2, 0.25) is 0 Å². The molecule has 0 bridgehead atoms. The fraction of sp³-hybridized carbons (Fsp3) is 0.194. The molecule has 2 spiro atoms. The van der Waals surface area contributed by atoms with Gasteiger partial charge in [-0.15, -0.1) is 0 Å². The van der Waals surface area contributed by atoms with Crippen LogP contribution in [0.25, 0.3) is 132 Å². The molecule has 0 aliphatic heterocycles. The van der Waals surface area contributed by atoms with Gasteiger partial charge in [0.05, 0.1) is 32.1 Å². The highest BCUT2D eigenvalue weighted by molar-refractivity contribution is 9.11. The number of nitrogens with one attached hydrogen (secondary N) is 1. The summed E-state index contributed by atoms with van der Waals surface area (Å²) in [5, 5.41) is 12.2. The largest absolute Gasteiger partial charge is 0.455 e. The van der Waals surface area contributed by atoms with Crippen molar-refractivity contribution in [3.05, 3.63) is 451 Å². The third-order valence-electron chi connectivity index (χ3n) is 30.7. The fourth-order valence-electron chi connectivity index (χ4n) is 23.5. The van der Waals surface area contributed by atoms with Gasteiger partial charge in [-0.1, -0.05) is 383 Å². The zero-order valence-corrected chi connectivity index (χ0v) is 87.6. The normalized spacial score (nSPS) is 13.7. The number of rotatable bonds is 8. The lowest BCUT2D eigenvalue weighted by atomic mass is 9.70. The van der Waals surface area contributed by atoms with Crippen LogP contribution in [0, 0.1) is 0 Å². The zero-order valence-electron chi connectivity index (χ0n) is 84.4. The van der Waals surface area contributed by atoms with Crippen LogP contribution in [0.2, 0.25) is 0 Å². The van der Waals surface area contributed by atoms with Gasteiger partial charge in [0, 0.05) is 98.6 Å². The molecule has 0 saturated heterocycles. The molecule has 0 amide bonds. The van der Waals surface area contributed by atoms with E-state index in [1.165, 1.54) is 106 Å². The van der Waals surface area contributed by atoms with E-state index in [2.05, 4.69) is 523 Å². The zero-order chi connectivity index (χ0) is 98.8. The summed E-state index contributed by atoms with van der Waals surface area (Å²) in [6.07, 6.45) is 0. The van der Waals surface area contributed by atoms with E-state index in [1.807, 2.05) is 12.1 Å². The van der Waals surface area contributed by atoms with Crippen molar-refractivity contribution in [3.8, 4) is 44.5 Å². The highest BCUT2D eigenvalue weighted by Gasteiger charge is 2.57. The SMILES string of the molecule is Brc1cc2c(c3c1oc1ccccc13)-c1c(cc(Br)c3c1oc1ccccc13)C21c2ccccc2-c2ccccc21.CC(C)(C)c1ccc(N(c2ccc(C(C)(C)C)cc2)c2cc3c(c4c2oc2ccccc24)-c2c(cc(N(c4ccc(C(C)(C)C)cc4)c4ccc(C(C)(C)C)cc4)c4c2oc2ccccc24)C32c3ccccc3-c3ccccc32)cc1.CC(C)(C)c1ccc(Nc2ccc(C(C)(C)C)cc2)cc1. The third-order valence-corrected chi connectivity index (χ3v) is 31.9. The number of nitrogens with zero attached hydrogens (tertiary/aromatic N) is 2. The molecule has 4 aliphatic rings. The van der Waals surface area contributed by atoms with Gasteiger partial charge in [-0.2, -0.15) is 0 Å². The molecule has 0 radical (unpaired) electrons. The molecule has 143 heavy (non-hydrogen) atoms. The van der Waals surface area contributed by atoms with Crippen LogP contribution in [0.4, 0.5) is 45.5 Å². The number of halogens is 2. The van der Waals surface area contributed by atoms with Crippen molar-refractivity contribution in [3.63, 3.8) is 0 Å². The second-order valence-corrected chi connectivity index (χ2v) is 47.4. The lowest BCUT2D eigenvalue weighted by molar-refractivity contribution is 0.590. The van der Waals surface area contributed by atoms with Crippen LogP contribution in [0.15, 0.2) is 391 Å². The van der Waals surface area contributed by atoms with Gasteiger partial charge in [0.1, 0.15) is 39.1 Å². The van der Waals surface area contributed by atoms with E-state index in [4.69, 9.17) is 17.7 Å². The Labute approximate surface area is 854 Å². The van der Waals surface area contributed by atoms with Crippen LogP contribution in [0.5, 0.6) is 0 Å². The highest BCUT2D eigenvalue weighted by atomic mass is 79.9. The van der Waals surface area contributed by atoms with E-state index in [0.29, 0.717) is 0 Å². The molecular formula is C134H115Br2N3O4. The van der Waals surface area contributed by atoms with Crippen LogP contribution in [0.1, 0.15) is 203 Å². The van der Waals surface area contributed by atoms with Gasteiger partial charge < -0.3 is 32.8 Å². The summed E-state index contributed by atoms with van der Waals surface area (Å²) >= 11 is 7.96. The number of fused-ring (bicyclic) bond motifs is 36. The maximum absolute atomic E-state index is 7.58. The monoisotopic (exact) mass is 1990 g/mol. The van der Waals surface area contributed by atoms with Gasteiger partial charge in [-0.05, 0) is 270 Å². The van der Waals surface area contributed by atoms with Crippen LogP contribution < -0.4 is 15.1 Å². The molecule has 0 fully saturated rings. The minimum absolute atomic E-state index is 0.0243. The number of hydrogen-bond donors (Lipinski definition) is 1. The predicted octanol–water partition coefficient (Wildman–Crippen LogP) is 39.3. The van der Waals surface area contributed by atoms with Gasteiger partial charge in [-0.25, -0.2) is 0 Å². The van der Waals surface area contributed by atoms with Gasteiger partial charge in [0.15, 0.2) is 5.58 Å². The van der Waals surface area contributed by atoms with Crippen LogP contribution in [0.3, 0.4) is 0 Å². The molecule has 704 valence electrons. The summed E-state index contributed by atoms with van der Waals surface area (Å²) in [5.74, 6) is 0. The Hall–Kier alpha value is -14.5. The summed E-state index contributed by atoms with van der Waals surface area (Å²) in [6.45, 7) is 40.9. The minimum atomic E-state index is -0.809. The Morgan fingerprint density at radius 1 is 0.217 bits per heavy atom. The highest BCUT2D eigenvalue weighted by Crippen LogP contribution is 2.71. The number of para-hydroxylation sites is 4. The lowest BCUT2D eigenvalue weighted by Gasteiger charge is -2.34. The molecule has 0 atom stereocenters. The first-order valence-electron chi connectivity index (χ1n) is 50.2. The smallest absolute Gasteiger partial charge is 0.160 e. The maximum atomic E-state index is 7.58. The average Bonchev–Trinajstić information content (AvgIpc) is 1.48. The second-order valence-electron chi connectivity index (χ2n) is 45.7. The summed E-state index contributed by atoms with van der Waals surface area (Å²) in [5.41, 5.74) is 41.8. The fourth-order valence-corrected chi connectivity index (χ4v) is 24.6. The minimum Gasteiger partial charge on any atom is -0.455 e. The Morgan fingerprint density at radius 2 is 0.462 bits per heavy atom. The van der Waals surface area contributed by atoms with E-state index in [1.54, 1.807) is 0 Å². The van der Waals surface area contributed by atoms with E-state index in [0.717, 1.165) is 159 Å². The molecule has 4 aliphatic carbocycles. The Balaban J connectivity index is 0.000000145. The van der Waals surface area contributed by atoms with Crippen molar-refractivity contribution in [2.75, 3.05) is 15.1 Å². The number of anilines is 8. The first kappa shape index (κ1) is 91.0. The van der Waals surface area contributed by atoms with Crippen LogP contribution in [-0.2, 0) is 43.3 Å². The first-order chi connectivity index (χ1) is 68.5. The topological polar surface area (TPSA) is 71.1 Å². The molecule has 0 unspecified atom stereocenters. The molecular weight excluding hydrogens is 1880 g/mol. The Morgan fingerprint density at radius 3 is 0.811 bits per heavy atom. The molecule has 0 saturated carbocycles. The van der Waals surface area contributed by atoms with E-state index in [-0.39, 0.29) is 32.5 Å². The predicted molar refractivity (Wildman–Crippen MR) is 608 cm³/mol. The van der Waals surface area contributed by atoms with Gasteiger partial charge >= 0.3 is 0 Å². The van der Waals surface area contributed by atoms with E-state index >= 15 is 0 Å². The van der Waals surface area contributed by atoms with Crippen LogP contribution in [-0.4, -0.2) is 0 Å². The summed E-state index contributed by atoms with van der Waals surface area (Å²) < 4.78 is 30.3. The third kappa shape index (κ3) is 14.4. The molecule has 7 nitrogen and oxygen atoms in total. The van der Waals surface area contributed by atoms with E-state index in [9.17, 15) is 0 Å². The maximum Gasteiger partial charge on any atom is 0.160 e. The molecule has 26 rings (SSSR count). The quantitative estimate of drug-likeness (QED) is 0.163. The molecule has 22 aromatic rings. The number of benzene rings is 18. The van der Waals surface area contributed by atoms with E-state index < -0.39 is 10.8 Å². The van der Waals surface area contributed by atoms with Crippen molar-refractivity contribution >= 4 is 165 Å². The molecule has 18 aromatic carbocycles. The average molecular weight is 1990 g/mol. The standard InChI is InChI=1S/C77H70N2O2.C37H18Br2O2.C20H27N/c1-73(2,3)47-29-37-51(38-30-47)78(52-39-31-48(32-40-52)74(4,5)6)63-45-62-70(72-67(63)57-23-15-19-27-65(57)81-72)69-61(77(62)59-25-17-13-21-55(59)56-22-14-18-26-60(56)77)46-64(71-68(69)58-24-16-20-28-66(58)80-71)79(53-41-33-49(34-42-53)75(7,8)9)54-43-35-50(36-44-54)76(10,11)12;38-27-17-26-34(36-31(27)21-11-3-7-15-29(21)41-36)33-25(18-28(39)35-32(33)22-12-4-8-16-30(22)40-35)37(26)23-13-5-1-9-19(23)20-10-2-6-14-24(20)37;1-19(2,3)15-7-11-17(12-8-15)21-18-13-9-16(10-14-18)20(4,5)6/h13-46H,1-12H3;1-18H;7-14,21H,1-6H3. The van der Waals surface area contributed by atoms with Crippen molar-refractivity contribution < 1.29 is 17.7 Å². The molecule has 4 aromatic heterocycles. The van der Waals surface area contributed by atoms with Gasteiger partial charge in [0.25, 0.3) is 0 Å². The summed E-state index contributed by atoms with van der Waals surface area (Å²) in [7, 11) is 0. The molecule has 4 heterocycles. The second kappa shape index (κ2) is 33.1. The van der Waals surface area contributed by atoms with Crippen molar-refractivity contribution in [1.82, 2.24) is 0 Å². The number of hydrogen-bond acceptors (Lipinski definition) is 7. The van der Waals surface area contributed by atoms with Crippen molar-refractivity contribution in [2.45, 2.75) is 168 Å². The van der Waals surface area contributed by atoms with Crippen molar-refractivity contribution in [2.24, 2.45) is 0 Å². The molecule has 9 heteroatoms. The number of furan rings is 4. The Kier molecular flexibility index (Phi) is 21.0. The lowest BCUT2D eigenvalue weighted by Crippen LogP contribution is -2.26. The summed E-state index contributed by atoms with van der Waals surface area (Å²) in [4.78, 5) is 4.94. The van der Waals surface area contributed by atoms with Crippen molar-refractivity contribution in [1.29, 1.82) is 0 Å². The first-order valence-corrected chi connectivity index (χ1v) is 51.8. The van der Waals surface area contributed by atoms with Crippen LogP contribution >= 0.6 is 31.9 Å².